The highest BCUT2D eigenvalue weighted by molar-refractivity contribution is 5.92. The van der Waals surface area contributed by atoms with Crippen molar-refractivity contribution in [3.05, 3.63) is 69.9 Å². The average Bonchev–Trinajstić information content (AvgIpc) is 3.01. The molecule has 23 heavy (non-hydrogen) atoms. The van der Waals surface area contributed by atoms with Crippen molar-refractivity contribution < 1.29 is 23.9 Å². The highest BCUT2D eigenvalue weighted by atomic mass is 16.7. The highest BCUT2D eigenvalue weighted by Crippen LogP contribution is 2.33. The maximum absolute atomic E-state index is 12.2. The quantitative estimate of drug-likeness (QED) is 0.373. The standard InChI is InChI=1S/C16H11NO6/c18-16(12-5-6-14-15(9-12)22-10-21-14)23-13-4-2-1-3-11(13)7-8-17(19)20/h1-9H,10H2. The molecule has 0 radical (unpaired) electrons. The Morgan fingerprint density at radius 1 is 1.17 bits per heavy atom. The number of carbonyl (C=O) groups excluding carboxylic acids is 1. The molecule has 0 saturated heterocycles. The van der Waals surface area contributed by atoms with Crippen LogP contribution in [0.15, 0.2) is 48.7 Å². The predicted molar refractivity (Wildman–Crippen MR) is 80.0 cm³/mol. The Morgan fingerprint density at radius 3 is 2.78 bits per heavy atom. The molecule has 7 nitrogen and oxygen atoms in total. The van der Waals surface area contributed by atoms with Gasteiger partial charge >= 0.3 is 5.97 Å². The summed E-state index contributed by atoms with van der Waals surface area (Å²) in [7, 11) is 0. The number of fused-ring (bicyclic) bond motifs is 1. The minimum atomic E-state index is -0.592. The van der Waals surface area contributed by atoms with Crippen LogP contribution in [-0.2, 0) is 0 Å². The number of nitro groups is 1. The number of nitrogens with zero attached hydrogens (tertiary/aromatic N) is 1. The van der Waals surface area contributed by atoms with Crippen molar-refractivity contribution in [1.82, 2.24) is 0 Å². The molecule has 1 aliphatic rings. The number of carbonyl (C=O) groups is 1. The van der Waals surface area contributed by atoms with Gasteiger partial charge in [0.2, 0.25) is 13.0 Å². The van der Waals surface area contributed by atoms with E-state index in [1.54, 1.807) is 36.4 Å². The highest BCUT2D eigenvalue weighted by Gasteiger charge is 2.18. The maximum Gasteiger partial charge on any atom is 0.343 e. The van der Waals surface area contributed by atoms with Crippen molar-refractivity contribution in [2.24, 2.45) is 0 Å². The molecule has 1 aliphatic heterocycles. The van der Waals surface area contributed by atoms with Crippen LogP contribution >= 0.6 is 0 Å². The zero-order valence-electron chi connectivity index (χ0n) is 11.8. The molecular formula is C16H11NO6. The lowest BCUT2D eigenvalue weighted by Gasteiger charge is -2.07. The molecule has 116 valence electrons. The molecule has 0 fully saturated rings. The third-order valence-corrected chi connectivity index (χ3v) is 3.11. The summed E-state index contributed by atoms with van der Waals surface area (Å²) in [4.78, 5) is 22.1. The third kappa shape index (κ3) is 3.29. The van der Waals surface area contributed by atoms with Gasteiger partial charge in [0.15, 0.2) is 11.5 Å². The lowest BCUT2D eigenvalue weighted by molar-refractivity contribution is -0.400. The van der Waals surface area contributed by atoms with Crippen LogP contribution in [0.25, 0.3) is 6.08 Å². The van der Waals surface area contributed by atoms with Gasteiger partial charge in [-0.3, -0.25) is 10.1 Å². The molecule has 0 atom stereocenters. The van der Waals surface area contributed by atoms with E-state index in [-0.39, 0.29) is 12.5 Å². The zero-order valence-corrected chi connectivity index (χ0v) is 11.8. The van der Waals surface area contributed by atoms with Gasteiger partial charge in [-0.1, -0.05) is 18.2 Å². The summed E-state index contributed by atoms with van der Waals surface area (Å²) in [5.41, 5.74) is 0.723. The van der Waals surface area contributed by atoms with E-state index < -0.39 is 10.9 Å². The number of esters is 1. The summed E-state index contributed by atoms with van der Waals surface area (Å²) >= 11 is 0. The molecule has 3 rings (SSSR count). The minimum Gasteiger partial charge on any atom is -0.454 e. The van der Waals surface area contributed by atoms with Crippen LogP contribution in [0.3, 0.4) is 0 Å². The lowest BCUT2D eigenvalue weighted by Crippen LogP contribution is -2.09. The molecular weight excluding hydrogens is 302 g/mol. The number of para-hydroxylation sites is 1. The summed E-state index contributed by atoms with van der Waals surface area (Å²) in [6.07, 6.45) is 2.05. The van der Waals surface area contributed by atoms with E-state index in [9.17, 15) is 14.9 Å². The Labute approximate surface area is 130 Å². The molecule has 0 amide bonds. The van der Waals surface area contributed by atoms with E-state index >= 15 is 0 Å². The fourth-order valence-electron chi connectivity index (χ4n) is 2.03. The molecule has 0 spiro atoms. The van der Waals surface area contributed by atoms with Gasteiger partial charge in [-0.15, -0.1) is 0 Å². The Balaban J connectivity index is 1.82. The van der Waals surface area contributed by atoms with Gasteiger partial charge in [-0.05, 0) is 24.3 Å². The largest absolute Gasteiger partial charge is 0.454 e. The molecule has 0 aliphatic carbocycles. The van der Waals surface area contributed by atoms with Gasteiger partial charge in [0, 0.05) is 11.6 Å². The molecule has 0 unspecified atom stereocenters. The van der Waals surface area contributed by atoms with Crippen molar-refractivity contribution >= 4 is 12.0 Å². The van der Waals surface area contributed by atoms with Crippen LogP contribution in [-0.4, -0.2) is 17.7 Å². The molecule has 2 aromatic carbocycles. The SMILES string of the molecule is O=C(Oc1ccccc1C=C[N+](=O)[O-])c1ccc2c(c1)OCO2. The van der Waals surface area contributed by atoms with Gasteiger partial charge in [0.05, 0.1) is 10.5 Å². The summed E-state index contributed by atoms with van der Waals surface area (Å²) in [5, 5.41) is 10.4. The number of hydrogen-bond acceptors (Lipinski definition) is 6. The average molecular weight is 313 g/mol. The first-order chi connectivity index (χ1) is 11.1. The van der Waals surface area contributed by atoms with Gasteiger partial charge in [-0.2, -0.15) is 0 Å². The van der Waals surface area contributed by atoms with Crippen molar-refractivity contribution in [1.29, 1.82) is 0 Å². The number of ether oxygens (including phenoxy) is 3. The summed E-state index contributed by atoms with van der Waals surface area (Å²) in [5.74, 6) is 0.676. The van der Waals surface area contributed by atoms with Crippen LogP contribution in [0, 0.1) is 10.1 Å². The van der Waals surface area contributed by atoms with E-state index in [2.05, 4.69) is 0 Å². The van der Waals surface area contributed by atoms with E-state index in [0.29, 0.717) is 22.6 Å². The monoisotopic (exact) mass is 313 g/mol. The molecule has 0 bridgehead atoms. The fraction of sp³-hybridized carbons (Fsp3) is 0.0625. The molecule has 1 heterocycles. The Hall–Kier alpha value is -3.35. The summed E-state index contributed by atoms with van der Waals surface area (Å²) < 4.78 is 15.7. The van der Waals surface area contributed by atoms with Gasteiger partial charge in [0.25, 0.3) is 0 Å². The van der Waals surface area contributed by atoms with Crippen LogP contribution in [0.1, 0.15) is 15.9 Å². The van der Waals surface area contributed by atoms with E-state index in [1.165, 1.54) is 12.1 Å². The van der Waals surface area contributed by atoms with E-state index in [1.807, 2.05) is 0 Å². The zero-order chi connectivity index (χ0) is 16.2. The third-order valence-electron chi connectivity index (χ3n) is 3.11. The Bertz CT molecular complexity index is 799. The number of hydrogen-bond donors (Lipinski definition) is 0. The molecule has 0 N–H and O–H groups in total. The first-order valence-corrected chi connectivity index (χ1v) is 6.66. The summed E-state index contributed by atoms with van der Waals surface area (Å²) in [6.45, 7) is 0.113. The Morgan fingerprint density at radius 2 is 1.96 bits per heavy atom. The van der Waals surface area contributed by atoms with Crippen molar-refractivity contribution in [2.75, 3.05) is 6.79 Å². The van der Waals surface area contributed by atoms with E-state index in [0.717, 1.165) is 6.20 Å². The Kier molecular flexibility index (Phi) is 3.92. The minimum absolute atomic E-state index is 0.113. The second-order valence-electron chi connectivity index (χ2n) is 4.60. The van der Waals surface area contributed by atoms with Gasteiger partial charge in [-0.25, -0.2) is 4.79 Å². The van der Waals surface area contributed by atoms with Gasteiger partial charge < -0.3 is 14.2 Å². The molecule has 2 aromatic rings. The van der Waals surface area contributed by atoms with Crippen LogP contribution < -0.4 is 14.2 Å². The lowest BCUT2D eigenvalue weighted by atomic mass is 10.2. The second kappa shape index (κ2) is 6.18. The molecule has 7 heteroatoms. The second-order valence-corrected chi connectivity index (χ2v) is 4.60. The first kappa shape index (κ1) is 14.6. The first-order valence-electron chi connectivity index (χ1n) is 6.66. The van der Waals surface area contributed by atoms with Crippen LogP contribution in [0.2, 0.25) is 0 Å². The number of benzene rings is 2. The van der Waals surface area contributed by atoms with Gasteiger partial charge in [0.1, 0.15) is 5.75 Å². The topological polar surface area (TPSA) is 87.9 Å². The normalized spacial score (nSPS) is 12.3. The number of rotatable bonds is 4. The molecule has 0 saturated carbocycles. The predicted octanol–water partition coefficient (Wildman–Crippen LogP) is 2.88. The van der Waals surface area contributed by atoms with Crippen molar-refractivity contribution in [2.45, 2.75) is 0 Å². The fourth-order valence-corrected chi connectivity index (χ4v) is 2.03. The van der Waals surface area contributed by atoms with Crippen LogP contribution in [0.5, 0.6) is 17.2 Å². The smallest absolute Gasteiger partial charge is 0.343 e. The summed E-state index contributed by atoms with van der Waals surface area (Å²) in [6, 6.07) is 11.2. The van der Waals surface area contributed by atoms with Crippen LogP contribution in [0.4, 0.5) is 0 Å². The maximum atomic E-state index is 12.2. The molecule has 0 aromatic heterocycles. The van der Waals surface area contributed by atoms with E-state index in [4.69, 9.17) is 14.2 Å². The van der Waals surface area contributed by atoms with Crippen molar-refractivity contribution in [3.63, 3.8) is 0 Å². The van der Waals surface area contributed by atoms with Crippen molar-refractivity contribution in [3.8, 4) is 17.2 Å².